The average molecular weight is 1340 g/mol. The number of rotatable bonds is 28. The summed E-state index contributed by atoms with van der Waals surface area (Å²) in [5.74, 6) is 1.38. The second-order valence-corrected chi connectivity index (χ2v) is 29.1. The van der Waals surface area contributed by atoms with Crippen molar-refractivity contribution in [2.75, 3.05) is 81.5 Å². The van der Waals surface area contributed by atoms with Gasteiger partial charge in [-0.2, -0.15) is 8.62 Å². The van der Waals surface area contributed by atoms with Crippen LogP contribution in [0.1, 0.15) is 117 Å². The van der Waals surface area contributed by atoms with Crippen LogP contribution in [0.5, 0.6) is 11.5 Å². The smallest absolute Gasteiger partial charge is 0.478 e. The van der Waals surface area contributed by atoms with Crippen LogP contribution in [-0.4, -0.2) is 140 Å². The lowest BCUT2D eigenvalue weighted by atomic mass is 9.81. The SMILES string of the molecule is [N-]=[N+]=NCO[C@H]1C[C@H](n2cc(CNC(=O)NCCCCCOCSSCCNC(=O)c3ccc(C(=O)O)c(C4=c5cc6c7c(c5Oc5c4cc4c8c5CCCN8CCC4)CCC[N+]=7CCC6)c3)c3c(N)ncnc32)O[C@@H]1COP(=O)(O)OP(=O)(O)OP(=O)(O)O. The van der Waals surface area contributed by atoms with Gasteiger partial charge in [0, 0.05) is 120 Å². The molecule has 1 saturated heterocycles. The van der Waals surface area contributed by atoms with Crippen LogP contribution in [0.2, 0.25) is 0 Å². The van der Waals surface area contributed by atoms with Gasteiger partial charge in [-0.05, 0) is 105 Å². The number of urea groups is 1. The van der Waals surface area contributed by atoms with Gasteiger partial charge >= 0.3 is 35.5 Å². The Kier molecular flexibility index (Phi) is 20.6. The molecule has 0 spiro atoms. The van der Waals surface area contributed by atoms with Gasteiger partial charge < -0.3 is 74.8 Å². The van der Waals surface area contributed by atoms with E-state index >= 15 is 0 Å². The van der Waals surface area contributed by atoms with E-state index in [1.165, 1.54) is 50.4 Å². The van der Waals surface area contributed by atoms with Gasteiger partial charge in [-0.3, -0.25) is 9.32 Å². The number of hydrogen-bond donors (Lipinski definition) is 9. The molecule has 0 aliphatic carbocycles. The van der Waals surface area contributed by atoms with Crippen molar-refractivity contribution in [2.45, 2.75) is 102 Å². The first kappa shape index (κ1) is 65.4. The van der Waals surface area contributed by atoms with E-state index in [0.717, 1.165) is 118 Å². The summed E-state index contributed by atoms with van der Waals surface area (Å²) >= 11 is 0. The number of benzene rings is 3. The number of hydrogen-bond acceptors (Lipinski definition) is 20. The van der Waals surface area contributed by atoms with E-state index in [1.54, 1.807) is 39.8 Å². The van der Waals surface area contributed by atoms with Crippen LogP contribution in [-0.2, 0) is 73.3 Å². The molecule has 90 heavy (non-hydrogen) atoms. The Hall–Kier alpha value is -6.14. The summed E-state index contributed by atoms with van der Waals surface area (Å²) < 4.78 is 76.4. The Labute approximate surface area is 522 Å². The largest absolute Gasteiger partial charge is 0.490 e. The van der Waals surface area contributed by atoms with E-state index in [2.05, 4.69) is 66.2 Å². The molecule has 10 N–H and O–H groups in total. The molecule has 5 aromatic rings. The van der Waals surface area contributed by atoms with Crippen molar-refractivity contribution in [1.82, 2.24) is 35.1 Å². The number of anilines is 2. The zero-order valence-corrected chi connectivity index (χ0v) is 52.9. The lowest BCUT2D eigenvalue weighted by Gasteiger charge is -2.39. The molecule has 0 saturated carbocycles. The van der Waals surface area contributed by atoms with E-state index in [0.29, 0.717) is 59.9 Å². The fraction of sp³-hybridized carbons (Fsp3) is 0.491. The predicted octanol–water partition coefficient (Wildman–Crippen LogP) is 6.19. The van der Waals surface area contributed by atoms with Gasteiger partial charge in [-0.15, -0.1) is 0 Å². The number of phosphoric acid groups is 3. The average Bonchev–Trinajstić information content (AvgIpc) is 0.789. The Morgan fingerprint density at radius 3 is 2.47 bits per heavy atom. The monoisotopic (exact) mass is 1340 g/mol. The number of ether oxygens (including phenoxy) is 4. The zero-order valence-electron chi connectivity index (χ0n) is 48.6. The normalized spacial score (nSPS) is 19.5. The third-order valence-electron chi connectivity index (χ3n) is 16.3. The molecule has 35 heteroatoms. The maximum absolute atomic E-state index is 13.9. The summed E-state index contributed by atoms with van der Waals surface area (Å²) in [4.78, 5) is 90.8. The van der Waals surface area contributed by atoms with E-state index in [-0.39, 0.29) is 35.9 Å². The van der Waals surface area contributed by atoms with Gasteiger partial charge in [0.2, 0.25) is 5.36 Å². The second kappa shape index (κ2) is 28.4. The minimum Gasteiger partial charge on any atom is -0.478 e. The van der Waals surface area contributed by atoms with Gasteiger partial charge in [0.15, 0.2) is 0 Å². The van der Waals surface area contributed by atoms with Crippen LogP contribution >= 0.6 is 45.1 Å². The Bertz CT molecular complexity index is 3960. The molecule has 5 atom stereocenters. The summed E-state index contributed by atoms with van der Waals surface area (Å²) in [6.07, 6.45) is 9.50. The number of aryl methyl sites for hydroxylation is 2. The van der Waals surface area contributed by atoms with Gasteiger partial charge in [0.25, 0.3) is 5.91 Å². The lowest BCUT2D eigenvalue weighted by molar-refractivity contribution is -0.0582. The molecule has 2 aromatic heterocycles. The highest BCUT2D eigenvalue weighted by Crippen LogP contribution is 2.66. The molecule has 3 amide bonds. The van der Waals surface area contributed by atoms with Crippen molar-refractivity contribution in [2.24, 2.45) is 5.11 Å². The van der Waals surface area contributed by atoms with Crippen molar-refractivity contribution in [1.29, 1.82) is 0 Å². The topological polar surface area (TPSA) is 416 Å². The number of azide groups is 1. The third-order valence-corrected chi connectivity index (χ3v) is 22.2. The zero-order chi connectivity index (χ0) is 63.3. The number of carboxylic acid groups (broad SMARTS) is 1. The number of amides is 3. The molecule has 3 aromatic carbocycles. The number of carbonyl (C=O) groups is 3. The molecule has 6 aliphatic rings. The number of nitrogens with one attached hydrogen (secondary N) is 3. The number of fused-ring (bicyclic) bond motifs is 5. The number of aromatic nitrogens is 3. The van der Waals surface area contributed by atoms with E-state index < -0.39 is 67.2 Å². The highest BCUT2D eigenvalue weighted by Gasteiger charge is 2.44. The maximum atomic E-state index is 13.9. The fourth-order valence-corrected chi connectivity index (χ4v) is 17.3. The first-order valence-corrected chi connectivity index (χ1v) is 36.4. The highest BCUT2D eigenvalue weighted by molar-refractivity contribution is 8.76. The first-order chi connectivity index (χ1) is 43.3. The van der Waals surface area contributed by atoms with E-state index in [4.69, 9.17) is 44.5 Å². The number of nitrogen functional groups attached to an aromatic ring is 1. The number of aromatic carboxylic acids is 1. The van der Waals surface area contributed by atoms with Crippen molar-refractivity contribution < 1.29 is 84.9 Å². The van der Waals surface area contributed by atoms with Gasteiger partial charge in [0.1, 0.15) is 67.4 Å². The summed E-state index contributed by atoms with van der Waals surface area (Å²) in [5.41, 5.74) is 24.7. The number of phosphoric ester groups is 1. The van der Waals surface area contributed by atoms with Crippen molar-refractivity contribution in [3.63, 3.8) is 0 Å². The van der Waals surface area contributed by atoms with Crippen molar-refractivity contribution in [3.8, 4) is 11.5 Å². The number of carbonyl (C=O) groups excluding carboxylic acids is 2. The molecule has 30 nitrogen and oxygen atoms in total. The molecule has 0 radical (unpaired) electrons. The van der Waals surface area contributed by atoms with Crippen molar-refractivity contribution in [3.05, 3.63) is 114 Å². The maximum Gasteiger partial charge on any atom is 0.490 e. The summed E-state index contributed by atoms with van der Waals surface area (Å²) in [7, 11) is -13.9. The lowest BCUT2D eigenvalue weighted by Crippen LogP contribution is -2.45. The Balaban J connectivity index is 0.629. The predicted molar refractivity (Wildman–Crippen MR) is 330 cm³/mol. The quantitative estimate of drug-likeness (QED) is 0.00386. The fourth-order valence-electron chi connectivity index (χ4n) is 12.7. The van der Waals surface area contributed by atoms with Crippen LogP contribution < -0.4 is 46.5 Å². The number of nitrogens with zero attached hydrogens (tertiary/aromatic N) is 8. The molecular weight excluding hydrogens is 1270 g/mol. The van der Waals surface area contributed by atoms with E-state index in [9.17, 15) is 43.0 Å². The Morgan fingerprint density at radius 1 is 0.878 bits per heavy atom. The third kappa shape index (κ3) is 15.0. The van der Waals surface area contributed by atoms with Gasteiger partial charge in [-0.1, -0.05) is 26.7 Å². The van der Waals surface area contributed by atoms with Crippen LogP contribution in [0, 0.1) is 0 Å². The first-order valence-electron chi connectivity index (χ1n) is 29.3. The molecule has 482 valence electrons. The minimum atomic E-state index is -5.80. The van der Waals surface area contributed by atoms with E-state index in [1.807, 2.05) is 0 Å². The molecule has 1 fully saturated rings. The standard InChI is InChI=1S/C55H67N12O18P3S2/c56-51-45-35(27-67(52(45)62-29-61-51)44-25-42(80-30-63-64-57)43(82-44)28-81-87(75,76)85-88(77,78)84-86(72,73)74)26-60-55(71)59-14-2-1-3-20-79-31-90-89-21-15-58-53(68)34-12-13-36(54(69)70)39(24-34)46-40-22-32-8-4-16-65-18-6-10-37(47(32)65)49(40)83-50-38-11-7-19-66-17-5-9-33(48(38)66)23-41(46)50/h12-13,22-24,27,29,42-44H,1-11,14-21,25-26,28,30-31H2,(H9-,56,58,59,60,61,62,68,69,70,71,72,73,74,75,76,77,78)/p+1/t42-,43+,44+/m0/s1. The number of unbranched alkanes of at least 4 members (excludes halogenated alkanes) is 2. The molecule has 11 rings (SSSR count). The number of nitrogens with two attached hydrogens (primary N) is 1. The molecular formula is C55H68N12O18P3S2+. The summed E-state index contributed by atoms with van der Waals surface area (Å²) in [6.45, 7) is 3.89. The Morgan fingerprint density at radius 2 is 1.67 bits per heavy atom. The number of carboxylic acids is 1. The summed E-state index contributed by atoms with van der Waals surface area (Å²) in [6, 6.07) is 8.91. The van der Waals surface area contributed by atoms with Gasteiger partial charge in [0.05, 0.1) is 29.2 Å². The van der Waals surface area contributed by atoms with Gasteiger partial charge in [-0.25, -0.2) is 37.8 Å². The molecule has 6 aliphatic heterocycles. The molecule has 2 unspecified atom stereocenters. The summed E-state index contributed by atoms with van der Waals surface area (Å²) in [5, 5.41) is 25.3. The van der Waals surface area contributed by atoms with Crippen LogP contribution in [0.25, 0.3) is 27.0 Å². The van der Waals surface area contributed by atoms with Crippen LogP contribution in [0.3, 0.4) is 0 Å². The van der Waals surface area contributed by atoms with Crippen LogP contribution in [0.15, 0.2) is 48.0 Å². The van der Waals surface area contributed by atoms with Crippen LogP contribution in [0.4, 0.5) is 16.3 Å². The second-order valence-electron chi connectivity index (χ2n) is 22.1. The molecule has 0 bridgehead atoms. The minimum absolute atomic E-state index is 0.0133. The van der Waals surface area contributed by atoms with Crippen molar-refractivity contribution >= 4 is 91.1 Å². The molecule has 8 heterocycles. The highest BCUT2D eigenvalue weighted by atomic mass is 33.1.